The fourth-order valence-corrected chi connectivity index (χ4v) is 3.54. The Morgan fingerprint density at radius 1 is 1.18 bits per heavy atom. The van der Waals surface area contributed by atoms with Crippen LogP contribution in [0.3, 0.4) is 0 Å². The summed E-state index contributed by atoms with van der Waals surface area (Å²) in [5.41, 5.74) is -0.339. The summed E-state index contributed by atoms with van der Waals surface area (Å²) in [5.74, 6) is -1.76. The van der Waals surface area contributed by atoms with Crippen LogP contribution in [0.15, 0.2) is 18.2 Å². The molecule has 7 heteroatoms. The molecule has 22 heavy (non-hydrogen) atoms. The van der Waals surface area contributed by atoms with Crippen molar-refractivity contribution in [2.75, 3.05) is 5.32 Å². The van der Waals surface area contributed by atoms with Crippen LogP contribution in [-0.4, -0.2) is 16.1 Å². The number of halogens is 2. The summed E-state index contributed by atoms with van der Waals surface area (Å²) in [6.07, 6.45) is 5.78. The molecular formula is C15H15F2N3OS. The third kappa shape index (κ3) is 3.30. The molecule has 1 aromatic heterocycles. The molecule has 1 aliphatic rings. The van der Waals surface area contributed by atoms with Gasteiger partial charge in [-0.15, -0.1) is 10.2 Å². The van der Waals surface area contributed by atoms with Crippen molar-refractivity contribution in [3.05, 3.63) is 40.4 Å². The smallest absolute Gasteiger partial charge is 0.260 e. The molecule has 1 heterocycles. The molecule has 0 unspecified atom stereocenters. The Kier molecular flexibility index (Phi) is 4.42. The van der Waals surface area contributed by atoms with E-state index in [0.717, 1.165) is 36.0 Å². The summed E-state index contributed by atoms with van der Waals surface area (Å²) in [5, 5.41) is 11.7. The van der Waals surface area contributed by atoms with Crippen LogP contribution in [-0.2, 0) is 0 Å². The number of rotatable bonds is 3. The number of nitrogens with zero attached hydrogens (tertiary/aromatic N) is 2. The van der Waals surface area contributed by atoms with Gasteiger partial charge in [-0.25, -0.2) is 8.78 Å². The number of carbonyl (C=O) groups excluding carboxylic acids is 1. The standard InChI is InChI=1S/C15H15F2N3OS/c16-10-6-7-12(17)11(8-10)13(21)18-15-20-19-14(22-15)9-4-2-1-3-5-9/h6-9H,1-5H2,(H,18,20,21). The lowest BCUT2D eigenvalue weighted by Crippen LogP contribution is -2.14. The largest absolute Gasteiger partial charge is 0.296 e. The highest BCUT2D eigenvalue weighted by Gasteiger charge is 2.21. The van der Waals surface area contributed by atoms with Gasteiger partial charge in [-0.2, -0.15) is 0 Å². The second-order valence-corrected chi connectivity index (χ2v) is 6.37. The number of benzene rings is 1. The molecule has 1 amide bonds. The van der Waals surface area contributed by atoms with Crippen LogP contribution in [0.25, 0.3) is 0 Å². The summed E-state index contributed by atoms with van der Waals surface area (Å²) in [6, 6.07) is 2.77. The van der Waals surface area contributed by atoms with E-state index in [-0.39, 0.29) is 5.56 Å². The highest BCUT2D eigenvalue weighted by Crippen LogP contribution is 2.35. The predicted molar refractivity (Wildman–Crippen MR) is 80.0 cm³/mol. The maximum atomic E-state index is 13.6. The Balaban J connectivity index is 1.71. The number of hydrogen-bond donors (Lipinski definition) is 1. The zero-order valence-electron chi connectivity index (χ0n) is 11.8. The molecule has 0 spiro atoms. The summed E-state index contributed by atoms with van der Waals surface area (Å²) in [7, 11) is 0. The van der Waals surface area contributed by atoms with Gasteiger partial charge in [0.15, 0.2) is 0 Å². The van der Waals surface area contributed by atoms with E-state index >= 15 is 0 Å². The molecule has 1 fully saturated rings. The Morgan fingerprint density at radius 2 is 1.95 bits per heavy atom. The van der Waals surface area contributed by atoms with Gasteiger partial charge in [0.05, 0.1) is 5.56 Å². The van der Waals surface area contributed by atoms with Crippen LogP contribution in [0, 0.1) is 11.6 Å². The summed E-state index contributed by atoms with van der Waals surface area (Å²) < 4.78 is 26.7. The van der Waals surface area contributed by atoms with Gasteiger partial charge in [0.25, 0.3) is 5.91 Å². The van der Waals surface area contributed by atoms with E-state index < -0.39 is 17.5 Å². The lowest BCUT2D eigenvalue weighted by Gasteiger charge is -2.18. The summed E-state index contributed by atoms with van der Waals surface area (Å²) in [4.78, 5) is 12.0. The van der Waals surface area contributed by atoms with Gasteiger partial charge >= 0.3 is 0 Å². The fourth-order valence-electron chi connectivity index (χ4n) is 2.64. The first-order chi connectivity index (χ1) is 10.6. The van der Waals surface area contributed by atoms with Crippen LogP contribution in [0.2, 0.25) is 0 Å². The molecule has 1 saturated carbocycles. The molecule has 0 aliphatic heterocycles. The lowest BCUT2D eigenvalue weighted by atomic mass is 9.90. The van der Waals surface area contributed by atoms with Crippen molar-refractivity contribution in [2.45, 2.75) is 38.0 Å². The maximum absolute atomic E-state index is 13.6. The maximum Gasteiger partial charge on any atom is 0.260 e. The predicted octanol–water partition coefficient (Wildman–Crippen LogP) is 4.12. The number of carbonyl (C=O) groups is 1. The number of nitrogens with one attached hydrogen (secondary N) is 1. The second-order valence-electron chi connectivity index (χ2n) is 5.36. The Hall–Kier alpha value is -1.89. The van der Waals surface area contributed by atoms with Crippen molar-refractivity contribution in [3.63, 3.8) is 0 Å². The first-order valence-electron chi connectivity index (χ1n) is 7.23. The third-order valence-corrected chi connectivity index (χ3v) is 4.79. The molecule has 0 radical (unpaired) electrons. The molecular weight excluding hydrogens is 308 g/mol. The minimum atomic E-state index is -0.768. The number of amides is 1. The van der Waals surface area contributed by atoms with Crippen LogP contribution in [0.5, 0.6) is 0 Å². The molecule has 0 saturated heterocycles. The topological polar surface area (TPSA) is 54.9 Å². The first-order valence-corrected chi connectivity index (χ1v) is 8.05. The molecule has 3 rings (SSSR count). The van der Waals surface area contributed by atoms with Gasteiger partial charge in [0, 0.05) is 5.92 Å². The molecule has 1 aliphatic carbocycles. The minimum absolute atomic E-state index is 0.314. The second kappa shape index (κ2) is 6.48. The van der Waals surface area contributed by atoms with Gasteiger partial charge in [-0.05, 0) is 31.0 Å². The highest BCUT2D eigenvalue weighted by molar-refractivity contribution is 7.15. The van der Waals surface area contributed by atoms with Gasteiger partial charge in [0.1, 0.15) is 16.6 Å². The molecule has 1 N–H and O–H groups in total. The SMILES string of the molecule is O=C(Nc1nnc(C2CCCCC2)s1)c1cc(F)ccc1F. The zero-order chi connectivity index (χ0) is 15.5. The number of hydrogen-bond acceptors (Lipinski definition) is 4. The van der Waals surface area contributed by atoms with E-state index in [1.807, 2.05) is 0 Å². The Labute approximate surface area is 130 Å². The van der Waals surface area contributed by atoms with Crippen molar-refractivity contribution in [3.8, 4) is 0 Å². The highest BCUT2D eigenvalue weighted by atomic mass is 32.1. The van der Waals surface area contributed by atoms with Crippen molar-refractivity contribution in [2.24, 2.45) is 0 Å². The molecule has 0 bridgehead atoms. The normalized spacial score (nSPS) is 15.7. The van der Waals surface area contributed by atoms with Crippen LogP contribution >= 0.6 is 11.3 Å². The molecule has 0 atom stereocenters. The van der Waals surface area contributed by atoms with Crippen molar-refractivity contribution in [1.82, 2.24) is 10.2 Å². The van der Waals surface area contributed by atoms with E-state index in [1.54, 1.807) is 0 Å². The first kappa shape index (κ1) is 15.0. The van der Waals surface area contributed by atoms with Gasteiger partial charge in [0.2, 0.25) is 5.13 Å². The van der Waals surface area contributed by atoms with E-state index in [4.69, 9.17) is 0 Å². The summed E-state index contributed by atoms with van der Waals surface area (Å²) >= 11 is 1.30. The van der Waals surface area contributed by atoms with Crippen LogP contribution in [0.1, 0.15) is 53.4 Å². The van der Waals surface area contributed by atoms with Crippen molar-refractivity contribution >= 4 is 22.4 Å². The van der Waals surface area contributed by atoms with E-state index in [9.17, 15) is 13.6 Å². The van der Waals surface area contributed by atoms with Crippen molar-refractivity contribution < 1.29 is 13.6 Å². The Morgan fingerprint density at radius 3 is 2.73 bits per heavy atom. The van der Waals surface area contributed by atoms with E-state index in [2.05, 4.69) is 15.5 Å². The third-order valence-electron chi connectivity index (χ3n) is 3.79. The van der Waals surface area contributed by atoms with Crippen LogP contribution in [0.4, 0.5) is 13.9 Å². The lowest BCUT2D eigenvalue weighted by molar-refractivity contribution is 0.102. The molecule has 2 aromatic rings. The number of aromatic nitrogens is 2. The van der Waals surface area contributed by atoms with Gasteiger partial charge in [-0.1, -0.05) is 30.6 Å². The monoisotopic (exact) mass is 323 g/mol. The average Bonchev–Trinajstić information content (AvgIpc) is 2.99. The van der Waals surface area contributed by atoms with E-state index in [1.165, 1.54) is 30.6 Å². The minimum Gasteiger partial charge on any atom is -0.296 e. The van der Waals surface area contributed by atoms with Gasteiger partial charge in [-0.3, -0.25) is 10.1 Å². The average molecular weight is 323 g/mol. The van der Waals surface area contributed by atoms with Crippen molar-refractivity contribution in [1.29, 1.82) is 0 Å². The fraction of sp³-hybridized carbons (Fsp3) is 0.400. The summed E-state index contributed by atoms with van der Waals surface area (Å²) in [6.45, 7) is 0. The van der Waals surface area contributed by atoms with Gasteiger partial charge < -0.3 is 0 Å². The zero-order valence-corrected chi connectivity index (χ0v) is 12.6. The van der Waals surface area contributed by atoms with Crippen LogP contribution < -0.4 is 5.32 Å². The molecule has 4 nitrogen and oxygen atoms in total. The Bertz CT molecular complexity index is 683. The number of anilines is 1. The molecule has 116 valence electrons. The van der Waals surface area contributed by atoms with E-state index in [0.29, 0.717) is 11.0 Å². The quantitative estimate of drug-likeness (QED) is 0.924. The molecule has 1 aromatic carbocycles.